The van der Waals surface area contributed by atoms with Crippen molar-refractivity contribution in [2.45, 2.75) is 0 Å². The number of anilines is 1. The molecule has 7 nitrogen and oxygen atoms in total. The summed E-state index contributed by atoms with van der Waals surface area (Å²) in [6.45, 7) is 0. The summed E-state index contributed by atoms with van der Waals surface area (Å²) >= 11 is 6.02. The number of halogens is 1. The highest BCUT2D eigenvalue weighted by molar-refractivity contribution is 8.12. The Bertz CT molecular complexity index is 1350. The number of hydrogen-bond donors (Lipinski definition) is 0. The first-order chi connectivity index (χ1) is 16.1. The van der Waals surface area contributed by atoms with Gasteiger partial charge in [-0.05, 0) is 65.7 Å². The molecule has 0 aliphatic carbocycles. The number of sulfonamides is 2. The lowest BCUT2D eigenvalue weighted by atomic mass is 10.2. The van der Waals surface area contributed by atoms with Gasteiger partial charge < -0.3 is 9.47 Å². The maximum absolute atomic E-state index is 13.3. The zero-order chi connectivity index (χ0) is 24.8. The number of benzene rings is 3. The summed E-state index contributed by atoms with van der Waals surface area (Å²) in [6.07, 6.45) is 2.58. The van der Waals surface area contributed by atoms with Gasteiger partial charge in [-0.15, -0.1) is 0 Å². The van der Waals surface area contributed by atoms with Crippen LogP contribution in [0.15, 0.2) is 83.6 Å². The lowest BCUT2D eigenvalue weighted by Crippen LogP contribution is -2.34. The van der Waals surface area contributed by atoms with Gasteiger partial charge in [0.2, 0.25) is 0 Å². The van der Waals surface area contributed by atoms with E-state index in [0.717, 1.165) is 10.8 Å². The van der Waals surface area contributed by atoms with Gasteiger partial charge in [0.1, 0.15) is 11.5 Å². The van der Waals surface area contributed by atoms with Crippen LogP contribution in [0.3, 0.4) is 0 Å². The van der Waals surface area contributed by atoms with E-state index in [-0.39, 0.29) is 10.7 Å². The van der Waals surface area contributed by atoms with Crippen molar-refractivity contribution in [1.82, 2.24) is 0 Å². The van der Waals surface area contributed by atoms with E-state index in [2.05, 4.69) is 0 Å². The van der Waals surface area contributed by atoms with Crippen LogP contribution in [0.4, 0.5) is 5.69 Å². The highest BCUT2D eigenvalue weighted by atomic mass is 35.5. The monoisotopic (exact) mass is 519 g/mol. The largest absolute Gasteiger partial charge is 0.497 e. The van der Waals surface area contributed by atoms with Gasteiger partial charge in [0.05, 0.1) is 30.7 Å². The van der Waals surface area contributed by atoms with Gasteiger partial charge in [-0.1, -0.05) is 41.9 Å². The minimum Gasteiger partial charge on any atom is -0.497 e. The van der Waals surface area contributed by atoms with Crippen LogP contribution < -0.4 is 13.2 Å². The number of ether oxygens (including phenoxy) is 2. The molecule has 0 bridgehead atoms. The summed E-state index contributed by atoms with van der Waals surface area (Å²) in [5, 5.41) is 1.82. The third kappa shape index (κ3) is 6.40. The minimum absolute atomic E-state index is 0.127. The molecular weight excluding hydrogens is 498 g/mol. The molecule has 0 amide bonds. The van der Waals surface area contributed by atoms with Crippen LogP contribution in [0.2, 0.25) is 5.02 Å². The molecule has 0 aliphatic rings. The molecule has 0 fully saturated rings. The summed E-state index contributed by atoms with van der Waals surface area (Å²) in [5.74, 6) is 1.06. The lowest BCUT2D eigenvalue weighted by Gasteiger charge is -2.20. The fraction of sp³-hybridized carbons (Fsp3) is 0.0833. The predicted octanol–water partition coefficient (Wildman–Crippen LogP) is 5.17. The first-order valence-electron chi connectivity index (χ1n) is 9.85. The average molecular weight is 520 g/mol. The molecule has 0 N–H and O–H groups in total. The van der Waals surface area contributed by atoms with Crippen LogP contribution in [0.1, 0.15) is 11.1 Å². The molecule has 3 aromatic carbocycles. The van der Waals surface area contributed by atoms with E-state index < -0.39 is 20.0 Å². The first-order valence-corrected chi connectivity index (χ1v) is 13.2. The Morgan fingerprint density at radius 1 is 0.706 bits per heavy atom. The van der Waals surface area contributed by atoms with Crippen LogP contribution in [0.25, 0.3) is 12.2 Å². The van der Waals surface area contributed by atoms with E-state index in [1.807, 2.05) is 0 Å². The molecule has 10 heteroatoms. The number of rotatable bonds is 9. The lowest BCUT2D eigenvalue weighted by molar-refractivity contribution is 0.414. The van der Waals surface area contributed by atoms with E-state index in [0.29, 0.717) is 26.3 Å². The van der Waals surface area contributed by atoms with Crippen molar-refractivity contribution in [2.24, 2.45) is 0 Å². The van der Waals surface area contributed by atoms with Crippen molar-refractivity contribution in [2.75, 3.05) is 17.9 Å². The van der Waals surface area contributed by atoms with Gasteiger partial charge in [-0.3, -0.25) is 0 Å². The SMILES string of the molecule is COc1cccc(/C=C/S(=O)(=O)N(c2cccc(Cl)c2)S(=O)(=O)/C=C/c2cccc(OC)c2)c1. The molecule has 34 heavy (non-hydrogen) atoms. The third-order valence-corrected chi connectivity index (χ3v) is 8.32. The maximum atomic E-state index is 13.3. The van der Waals surface area contributed by atoms with Crippen LogP contribution in [-0.4, -0.2) is 31.1 Å². The Kier molecular flexibility index (Phi) is 8.03. The molecule has 0 heterocycles. The second kappa shape index (κ2) is 10.8. The normalized spacial score (nSPS) is 12.2. The fourth-order valence-electron chi connectivity index (χ4n) is 2.96. The summed E-state index contributed by atoms with van der Waals surface area (Å²) < 4.78 is 63.7. The molecule has 3 rings (SSSR count). The summed E-state index contributed by atoms with van der Waals surface area (Å²) in [7, 11) is -6.02. The molecule has 178 valence electrons. The van der Waals surface area contributed by atoms with Gasteiger partial charge >= 0.3 is 0 Å². The quantitative estimate of drug-likeness (QED) is 0.387. The van der Waals surface area contributed by atoms with E-state index in [1.165, 1.54) is 50.6 Å². The van der Waals surface area contributed by atoms with E-state index >= 15 is 0 Å². The van der Waals surface area contributed by atoms with Crippen molar-refractivity contribution in [1.29, 1.82) is 0 Å². The van der Waals surface area contributed by atoms with E-state index in [4.69, 9.17) is 21.1 Å². The summed E-state index contributed by atoms with van der Waals surface area (Å²) in [4.78, 5) is 0. The first kappa shape index (κ1) is 25.4. The molecular formula is C24H22ClNO6S2. The molecule has 0 aliphatic heterocycles. The van der Waals surface area contributed by atoms with E-state index in [1.54, 1.807) is 48.5 Å². The van der Waals surface area contributed by atoms with Crippen molar-refractivity contribution in [3.63, 3.8) is 0 Å². The molecule has 0 radical (unpaired) electrons. The second-order valence-electron chi connectivity index (χ2n) is 6.93. The Labute approximate surface area is 204 Å². The molecule has 0 unspecified atom stereocenters. The van der Waals surface area contributed by atoms with Crippen LogP contribution in [0.5, 0.6) is 11.5 Å². The number of methoxy groups -OCH3 is 2. The molecule has 0 saturated carbocycles. The van der Waals surface area contributed by atoms with Crippen LogP contribution in [0, 0.1) is 0 Å². The fourth-order valence-corrected chi connectivity index (χ4v) is 6.29. The Morgan fingerprint density at radius 3 is 1.62 bits per heavy atom. The molecule has 0 spiro atoms. The van der Waals surface area contributed by atoms with Gasteiger partial charge in [0, 0.05) is 5.02 Å². The summed E-state index contributed by atoms with van der Waals surface area (Å²) in [6, 6.07) is 18.9. The smallest absolute Gasteiger partial charge is 0.270 e. The van der Waals surface area contributed by atoms with Crippen LogP contribution in [-0.2, 0) is 20.0 Å². The van der Waals surface area contributed by atoms with Gasteiger partial charge in [0.15, 0.2) is 0 Å². The number of nitrogens with zero attached hydrogens (tertiary/aromatic N) is 1. The topological polar surface area (TPSA) is 90.0 Å². The van der Waals surface area contributed by atoms with Gasteiger partial charge in [-0.2, -0.15) is 3.71 Å². The second-order valence-corrected chi connectivity index (χ2v) is 10.9. The highest BCUT2D eigenvalue weighted by Gasteiger charge is 2.31. The van der Waals surface area contributed by atoms with Crippen LogP contribution >= 0.6 is 11.6 Å². The van der Waals surface area contributed by atoms with Gasteiger partial charge in [-0.25, -0.2) is 16.8 Å². The summed E-state index contributed by atoms with van der Waals surface area (Å²) in [5.41, 5.74) is 0.898. The molecule has 3 aromatic rings. The van der Waals surface area contributed by atoms with Gasteiger partial charge in [0.25, 0.3) is 20.0 Å². The standard InChI is InChI=1S/C24H22ClNO6S2/c1-31-23-10-3-6-19(16-23)12-14-33(27,28)26(22-9-5-8-21(25)18-22)34(29,30)15-13-20-7-4-11-24(17-20)32-2/h3-18H,1-2H3/b14-12+,15-13+. The zero-order valence-electron chi connectivity index (χ0n) is 18.3. The predicted molar refractivity (Wildman–Crippen MR) is 136 cm³/mol. The van der Waals surface area contributed by atoms with E-state index in [9.17, 15) is 16.8 Å². The molecule has 0 saturated heterocycles. The Hall–Kier alpha value is -3.27. The Morgan fingerprint density at radius 2 is 1.18 bits per heavy atom. The highest BCUT2D eigenvalue weighted by Crippen LogP contribution is 2.28. The Balaban J connectivity index is 2.05. The van der Waals surface area contributed by atoms with Crippen molar-refractivity contribution in [3.05, 3.63) is 99.8 Å². The van der Waals surface area contributed by atoms with Crippen molar-refractivity contribution in [3.8, 4) is 11.5 Å². The number of hydrogen-bond acceptors (Lipinski definition) is 6. The van der Waals surface area contributed by atoms with Crippen molar-refractivity contribution >= 4 is 49.5 Å². The van der Waals surface area contributed by atoms with Crippen molar-refractivity contribution < 1.29 is 26.3 Å². The molecule has 0 atom stereocenters. The average Bonchev–Trinajstić information content (AvgIpc) is 2.81. The maximum Gasteiger partial charge on any atom is 0.270 e. The zero-order valence-corrected chi connectivity index (χ0v) is 20.7. The third-order valence-electron chi connectivity index (χ3n) is 4.53. The molecule has 0 aromatic heterocycles. The minimum atomic E-state index is -4.50.